The zero-order chi connectivity index (χ0) is 22.1. The molecule has 2 heterocycles. The predicted octanol–water partition coefficient (Wildman–Crippen LogP) is 7.05. The molecular formula is C26H18N2PbS4. The third-order valence-corrected chi connectivity index (χ3v) is 44.9. The second-order valence-corrected chi connectivity index (χ2v) is 38.3. The van der Waals surface area contributed by atoms with E-state index in [0.717, 1.165) is 19.7 Å². The Morgan fingerprint density at radius 2 is 0.879 bits per heavy atom. The van der Waals surface area contributed by atoms with Crippen molar-refractivity contribution in [2.45, 2.75) is 8.68 Å². The van der Waals surface area contributed by atoms with E-state index in [9.17, 15) is 0 Å². The Balaban J connectivity index is 1.54. The molecule has 0 radical (unpaired) electrons. The van der Waals surface area contributed by atoms with Crippen LogP contribution < -0.4 is 6.25 Å². The Kier molecular flexibility index (Phi) is 6.27. The van der Waals surface area contributed by atoms with E-state index in [1.165, 1.54) is 15.6 Å². The molecule has 0 atom stereocenters. The molecular weight excluding hydrogens is 676 g/mol. The van der Waals surface area contributed by atoms with Crippen LogP contribution in [-0.4, -0.2) is 28.1 Å². The molecule has 0 aliphatic carbocycles. The molecule has 0 spiro atoms. The Morgan fingerprint density at radius 1 is 0.485 bits per heavy atom. The molecule has 0 N–H and O–H groups in total. The third kappa shape index (κ3) is 4.39. The van der Waals surface area contributed by atoms with Gasteiger partial charge in [-0.15, -0.1) is 0 Å². The first kappa shape index (κ1) is 21.8. The normalized spacial score (nSPS) is 11.9. The van der Waals surface area contributed by atoms with Crippen molar-refractivity contribution >= 4 is 84.1 Å². The van der Waals surface area contributed by atoms with Gasteiger partial charge in [-0.05, 0) is 0 Å². The fourth-order valence-electron chi connectivity index (χ4n) is 3.77. The topological polar surface area (TPSA) is 25.8 Å². The van der Waals surface area contributed by atoms with Gasteiger partial charge >= 0.3 is 212 Å². The molecule has 2 nitrogen and oxygen atoms in total. The van der Waals surface area contributed by atoms with Crippen LogP contribution in [0.1, 0.15) is 0 Å². The first-order valence-electron chi connectivity index (χ1n) is 10.5. The van der Waals surface area contributed by atoms with Crippen molar-refractivity contribution in [3.63, 3.8) is 0 Å². The molecule has 0 bridgehead atoms. The monoisotopic (exact) mass is 694 g/mol. The van der Waals surface area contributed by atoms with Gasteiger partial charge in [0.2, 0.25) is 0 Å². The van der Waals surface area contributed by atoms with E-state index in [-0.39, 0.29) is 0 Å². The van der Waals surface area contributed by atoms with Gasteiger partial charge in [0.05, 0.1) is 0 Å². The van der Waals surface area contributed by atoms with Crippen LogP contribution in [0.2, 0.25) is 0 Å². The molecule has 2 aromatic heterocycles. The standard InChI is InChI=1S/2C7H5NS2.2C6H5.Pb/c2*9-7-8-5-3-1-2-4-6(5)10-7;2*1-2-4-6-5-3-1;/h2*1-4H,(H,8,9);2*1-5H;/q;;;;+2/p-2. The van der Waals surface area contributed by atoms with Gasteiger partial charge in [-0.1, -0.05) is 0 Å². The zero-order valence-electron chi connectivity index (χ0n) is 17.4. The van der Waals surface area contributed by atoms with Gasteiger partial charge in [0, 0.05) is 0 Å². The Labute approximate surface area is 210 Å². The number of benzene rings is 4. The van der Waals surface area contributed by atoms with Gasteiger partial charge in [0.25, 0.3) is 0 Å². The van der Waals surface area contributed by atoms with E-state index in [2.05, 4.69) is 109 Å². The van der Waals surface area contributed by atoms with E-state index in [1.807, 2.05) is 16.6 Å². The molecule has 0 amide bonds. The summed E-state index contributed by atoms with van der Waals surface area (Å²) < 4.78 is 7.69. The van der Waals surface area contributed by atoms with E-state index in [0.29, 0.717) is 0 Å². The summed E-state index contributed by atoms with van der Waals surface area (Å²) in [6, 6.07) is 39.0. The summed E-state index contributed by atoms with van der Waals surface area (Å²) in [5.41, 5.74) is 2.16. The van der Waals surface area contributed by atoms with Crippen molar-refractivity contribution in [1.29, 1.82) is 0 Å². The summed E-state index contributed by atoms with van der Waals surface area (Å²) in [5, 5.41) is 0. The number of hydrogen-bond donors (Lipinski definition) is 0. The molecule has 6 aromatic rings. The fraction of sp³-hybridized carbons (Fsp3) is 0. The van der Waals surface area contributed by atoms with Crippen molar-refractivity contribution in [3.05, 3.63) is 109 Å². The summed E-state index contributed by atoms with van der Waals surface area (Å²) in [6.07, 6.45) is 0. The van der Waals surface area contributed by atoms with Crippen LogP contribution in [-0.2, 0) is 0 Å². The van der Waals surface area contributed by atoms with Crippen LogP contribution in [0, 0.1) is 0 Å². The summed E-state index contributed by atoms with van der Waals surface area (Å²) in [5.74, 6) is 0. The van der Waals surface area contributed by atoms with Crippen molar-refractivity contribution in [2.24, 2.45) is 0 Å². The van der Waals surface area contributed by atoms with Crippen molar-refractivity contribution in [2.75, 3.05) is 0 Å². The molecule has 160 valence electrons. The average molecular weight is 694 g/mol. The van der Waals surface area contributed by atoms with Crippen molar-refractivity contribution in [1.82, 2.24) is 9.97 Å². The first-order valence-corrected chi connectivity index (χ1v) is 27.2. The molecule has 0 unspecified atom stereocenters. The SMILES string of the molecule is c1cc[c]([Pb]([S]c2nc3ccccc3s2)([S]c2nc3ccccc3s2)[c]2ccccc2)cc1. The number of nitrogens with zero attached hydrogens (tertiary/aromatic N) is 2. The van der Waals surface area contributed by atoms with Gasteiger partial charge < -0.3 is 0 Å². The summed E-state index contributed by atoms with van der Waals surface area (Å²) in [7, 11) is 4.06. The van der Waals surface area contributed by atoms with Crippen LogP contribution in [0.3, 0.4) is 0 Å². The molecule has 6 rings (SSSR count). The van der Waals surface area contributed by atoms with E-state index >= 15 is 0 Å². The van der Waals surface area contributed by atoms with Crippen LogP contribution in [0.4, 0.5) is 0 Å². The van der Waals surface area contributed by atoms with E-state index in [4.69, 9.17) is 9.97 Å². The first-order chi connectivity index (χ1) is 16.3. The van der Waals surface area contributed by atoms with E-state index < -0.39 is 18.2 Å². The molecule has 0 aliphatic rings. The summed E-state index contributed by atoms with van der Waals surface area (Å²) in [6.45, 7) is 0. The second kappa shape index (κ2) is 9.50. The van der Waals surface area contributed by atoms with Gasteiger partial charge in [0.15, 0.2) is 0 Å². The fourth-order valence-corrected chi connectivity index (χ4v) is 48.6. The minimum atomic E-state index is -3.63. The number of rotatable bonds is 6. The number of thiazole rings is 2. The number of hydrogen-bond acceptors (Lipinski definition) is 6. The molecule has 0 saturated carbocycles. The summed E-state index contributed by atoms with van der Waals surface area (Å²) >= 11 is -0.0135. The van der Waals surface area contributed by atoms with Crippen LogP contribution in [0.25, 0.3) is 20.4 Å². The average Bonchev–Trinajstić information content (AvgIpc) is 3.47. The van der Waals surface area contributed by atoms with Crippen molar-refractivity contribution in [3.8, 4) is 0 Å². The molecule has 4 aromatic carbocycles. The van der Waals surface area contributed by atoms with Gasteiger partial charge in [-0.3, -0.25) is 0 Å². The maximum atomic E-state index is 5.04. The van der Waals surface area contributed by atoms with Crippen LogP contribution >= 0.6 is 39.3 Å². The Bertz CT molecular complexity index is 1350. The maximum absolute atomic E-state index is 5.04. The molecule has 0 aliphatic heterocycles. The summed E-state index contributed by atoms with van der Waals surface area (Å²) in [4.78, 5) is 10.1. The van der Waals surface area contributed by atoms with Crippen molar-refractivity contribution < 1.29 is 0 Å². The van der Waals surface area contributed by atoms with Gasteiger partial charge in [0.1, 0.15) is 0 Å². The third-order valence-electron chi connectivity index (χ3n) is 5.32. The Hall–Kier alpha value is -1.72. The molecule has 0 saturated heterocycles. The van der Waals surface area contributed by atoms with Gasteiger partial charge in [-0.25, -0.2) is 0 Å². The zero-order valence-corrected chi connectivity index (χ0v) is 24.6. The number of aromatic nitrogens is 2. The molecule has 7 heteroatoms. The number of fused-ring (bicyclic) bond motifs is 2. The van der Waals surface area contributed by atoms with Crippen LogP contribution in [0.5, 0.6) is 0 Å². The predicted molar refractivity (Wildman–Crippen MR) is 149 cm³/mol. The van der Waals surface area contributed by atoms with Crippen LogP contribution in [0.15, 0.2) is 118 Å². The van der Waals surface area contributed by atoms with Gasteiger partial charge in [-0.2, -0.15) is 0 Å². The second-order valence-electron chi connectivity index (χ2n) is 7.45. The quantitative estimate of drug-likeness (QED) is 0.175. The van der Waals surface area contributed by atoms with E-state index in [1.54, 1.807) is 22.7 Å². The molecule has 33 heavy (non-hydrogen) atoms. The molecule has 0 fully saturated rings. The minimum absolute atomic E-state index is 1.08. The number of para-hydroxylation sites is 2. The Morgan fingerprint density at radius 3 is 1.30 bits per heavy atom.